The van der Waals surface area contributed by atoms with Crippen LogP contribution in [-0.4, -0.2) is 84.4 Å². The first-order valence-corrected chi connectivity index (χ1v) is 13.3. The number of aliphatic hydroxyl groups is 1. The highest BCUT2D eigenvalue weighted by atomic mass is 16.6. The Morgan fingerprint density at radius 1 is 1.24 bits per heavy atom. The number of rotatable bonds is 11. The predicted octanol–water partition coefficient (Wildman–Crippen LogP) is 2.37. The summed E-state index contributed by atoms with van der Waals surface area (Å²) in [5, 5.41) is 10.0. The van der Waals surface area contributed by atoms with Crippen molar-refractivity contribution in [1.29, 1.82) is 0 Å². The highest BCUT2D eigenvalue weighted by Crippen LogP contribution is 2.59. The first kappa shape index (κ1) is 27.1. The van der Waals surface area contributed by atoms with Crippen LogP contribution in [0.4, 0.5) is 11.4 Å². The fourth-order valence-corrected chi connectivity index (χ4v) is 6.47. The number of likely N-dealkylation sites (tertiary alicyclic amines) is 1. The largest absolute Gasteiger partial charge is 0.466 e. The maximum atomic E-state index is 14.4. The van der Waals surface area contributed by atoms with Gasteiger partial charge in [-0.2, -0.15) is 0 Å². The Labute approximate surface area is 219 Å². The summed E-state index contributed by atoms with van der Waals surface area (Å²) < 4.78 is 11.7. The lowest BCUT2D eigenvalue weighted by Crippen LogP contribution is -2.58. The molecule has 37 heavy (non-hydrogen) atoms. The molecule has 3 heterocycles. The standard InChI is InChI=1S/C28H39N3O6/c1-6-16-30(20-12-10-19(11-13-20)29(7-2)8-3)26(34)24-28-15-14-21(37-28)22(27(35)36-9-4)23(28)25(33)31(24)18(5)17-32/h6,10-13,18,21-24,32H,1,7-9,14-17H2,2-5H3/t18-,21+,22-,23+,24?,28?/m1/s1. The van der Waals surface area contributed by atoms with Gasteiger partial charge in [-0.3, -0.25) is 14.4 Å². The molecule has 2 bridgehead atoms. The van der Waals surface area contributed by atoms with Crippen LogP contribution in [0.5, 0.6) is 0 Å². The number of hydrogen-bond acceptors (Lipinski definition) is 7. The van der Waals surface area contributed by atoms with Crippen LogP contribution in [0.15, 0.2) is 36.9 Å². The molecule has 3 aliphatic rings. The Kier molecular flexibility index (Phi) is 7.94. The number of hydrogen-bond donors (Lipinski definition) is 1. The number of amides is 2. The van der Waals surface area contributed by atoms with Gasteiger partial charge in [0.05, 0.1) is 37.2 Å². The number of carbonyl (C=O) groups is 3. The average Bonchev–Trinajstić information content (AvgIpc) is 3.55. The fraction of sp³-hybridized carbons (Fsp3) is 0.607. The van der Waals surface area contributed by atoms with Crippen molar-refractivity contribution in [2.45, 2.75) is 64.3 Å². The van der Waals surface area contributed by atoms with E-state index in [9.17, 15) is 19.5 Å². The van der Waals surface area contributed by atoms with E-state index < -0.39 is 41.6 Å². The van der Waals surface area contributed by atoms with E-state index in [0.717, 1.165) is 18.8 Å². The highest BCUT2D eigenvalue weighted by Gasteiger charge is 2.75. The third kappa shape index (κ3) is 4.32. The van der Waals surface area contributed by atoms with Gasteiger partial charge < -0.3 is 29.3 Å². The maximum Gasteiger partial charge on any atom is 0.312 e. The molecule has 3 fully saturated rings. The van der Waals surface area contributed by atoms with Gasteiger partial charge in [0.15, 0.2) is 0 Å². The maximum absolute atomic E-state index is 14.4. The van der Waals surface area contributed by atoms with E-state index in [4.69, 9.17) is 9.47 Å². The molecule has 0 aromatic heterocycles. The minimum atomic E-state index is -1.14. The molecule has 0 aliphatic carbocycles. The van der Waals surface area contributed by atoms with E-state index in [0.29, 0.717) is 18.5 Å². The Morgan fingerprint density at radius 2 is 1.89 bits per heavy atom. The molecule has 1 N–H and O–H groups in total. The van der Waals surface area contributed by atoms with Crippen molar-refractivity contribution in [3.8, 4) is 0 Å². The van der Waals surface area contributed by atoms with Crippen LogP contribution in [0.3, 0.4) is 0 Å². The molecule has 9 heteroatoms. The molecule has 2 amide bonds. The highest BCUT2D eigenvalue weighted by molar-refractivity contribution is 6.04. The number of esters is 1. The lowest BCUT2D eigenvalue weighted by atomic mass is 9.70. The summed E-state index contributed by atoms with van der Waals surface area (Å²) in [5.41, 5.74) is 0.597. The lowest BCUT2D eigenvalue weighted by molar-refractivity contribution is -0.155. The molecule has 0 saturated carbocycles. The third-order valence-electron chi connectivity index (χ3n) is 8.14. The van der Waals surface area contributed by atoms with Crippen molar-refractivity contribution in [2.75, 3.05) is 42.6 Å². The molecular weight excluding hydrogens is 474 g/mol. The van der Waals surface area contributed by atoms with Gasteiger partial charge in [-0.15, -0.1) is 6.58 Å². The Balaban J connectivity index is 1.74. The molecule has 1 aromatic carbocycles. The second kappa shape index (κ2) is 10.8. The predicted molar refractivity (Wildman–Crippen MR) is 140 cm³/mol. The smallest absolute Gasteiger partial charge is 0.312 e. The molecular formula is C28H39N3O6. The number of nitrogens with zero attached hydrogens (tertiary/aromatic N) is 3. The molecule has 3 saturated heterocycles. The average molecular weight is 514 g/mol. The molecule has 6 atom stereocenters. The van der Waals surface area contributed by atoms with Crippen LogP contribution in [0.2, 0.25) is 0 Å². The topological polar surface area (TPSA) is 99.6 Å². The van der Waals surface area contributed by atoms with E-state index in [1.54, 1.807) is 24.8 Å². The van der Waals surface area contributed by atoms with Crippen molar-refractivity contribution in [1.82, 2.24) is 4.90 Å². The van der Waals surface area contributed by atoms with E-state index in [-0.39, 0.29) is 31.6 Å². The first-order valence-electron chi connectivity index (χ1n) is 13.3. The summed E-state index contributed by atoms with van der Waals surface area (Å²) in [6.45, 7) is 13.3. The minimum Gasteiger partial charge on any atom is -0.466 e. The summed E-state index contributed by atoms with van der Waals surface area (Å²) in [7, 11) is 0. The SMILES string of the molecule is C=CCN(C(=O)C1N([C@H](C)CO)C(=O)[C@@H]2[C@H](C(=O)OCC)[C@@H]3CCC12O3)c1ccc(N(CC)CC)cc1. The van der Waals surface area contributed by atoms with Crippen LogP contribution < -0.4 is 9.80 Å². The zero-order valence-electron chi connectivity index (χ0n) is 22.3. The number of ether oxygens (including phenoxy) is 2. The van der Waals surface area contributed by atoms with Crippen LogP contribution in [0.1, 0.15) is 40.5 Å². The number of anilines is 2. The summed E-state index contributed by atoms with van der Waals surface area (Å²) in [6.07, 6.45) is 2.24. The second-order valence-corrected chi connectivity index (χ2v) is 10.0. The molecule has 3 aliphatic heterocycles. The Hall–Kier alpha value is -2.91. The molecule has 1 spiro atoms. The van der Waals surface area contributed by atoms with Gasteiger partial charge in [0.25, 0.3) is 5.91 Å². The number of aliphatic hydroxyl groups excluding tert-OH is 1. The van der Waals surface area contributed by atoms with Crippen molar-refractivity contribution in [3.05, 3.63) is 36.9 Å². The van der Waals surface area contributed by atoms with Crippen LogP contribution in [0, 0.1) is 11.8 Å². The van der Waals surface area contributed by atoms with Gasteiger partial charge in [-0.1, -0.05) is 6.08 Å². The van der Waals surface area contributed by atoms with E-state index >= 15 is 0 Å². The minimum absolute atomic E-state index is 0.200. The number of carbonyl (C=O) groups excluding carboxylic acids is 3. The molecule has 4 rings (SSSR count). The Morgan fingerprint density at radius 3 is 2.46 bits per heavy atom. The summed E-state index contributed by atoms with van der Waals surface area (Å²) in [6, 6.07) is 6.16. The first-order chi connectivity index (χ1) is 17.8. The number of fused-ring (bicyclic) bond motifs is 1. The van der Waals surface area contributed by atoms with Crippen molar-refractivity contribution in [2.24, 2.45) is 11.8 Å². The van der Waals surface area contributed by atoms with Crippen molar-refractivity contribution in [3.63, 3.8) is 0 Å². The van der Waals surface area contributed by atoms with Crippen molar-refractivity contribution < 1.29 is 29.0 Å². The zero-order chi connectivity index (χ0) is 26.9. The summed E-state index contributed by atoms with van der Waals surface area (Å²) in [4.78, 5) is 46.4. The summed E-state index contributed by atoms with van der Waals surface area (Å²) >= 11 is 0. The van der Waals surface area contributed by atoms with Gasteiger partial charge in [-0.05, 0) is 64.8 Å². The second-order valence-electron chi connectivity index (χ2n) is 10.0. The van der Waals surface area contributed by atoms with Gasteiger partial charge in [0, 0.05) is 31.0 Å². The number of benzene rings is 1. The Bertz CT molecular complexity index is 1030. The monoisotopic (exact) mass is 513 g/mol. The van der Waals surface area contributed by atoms with Crippen molar-refractivity contribution >= 4 is 29.2 Å². The summed E-state index contributed by atoms with van der Waals surface area (Å²) in [5.74, 6) is -2.68. The van der Waals surface area contributed by atoms with Crippen LogP contribution in [0.25, 0.3) is 0 Å². The van der Waals surface area contributed by atoms with Gasteiger partial charge in [0.1, 0.15) is 11.6 Å². The lowest BCUT2D eigenvalue weighted by Gasteiger charge is -2.38. The van der Waals surface area contributed by atoms with E-state index in [2.05, 4.69) is 25.3 Å². The van der Waals surface area contributed by atoms with Gasteiger partial charge in [0.2, 0.25) is 5.91 Å². The van der Waals surface area contributed by atoms with E-state index in [1.807, 2.05) is 24.3 Å². The van der Waals surface area contributed by atoms with Crippen LogP contribution >= 0.6 is 0 Å². The molecule has 0 radical (unpaired) electrons. The third-order valence-corrected chi connectivity index (χ3v) is 8.14. The molecule has 202 valence electrons. The molecule has 1 aromatic rings. The molecule has 2 unspecified atom stereocenters. The normalized spacial score (nSPS) is 28.7. The van der Waals surface area contributed by atoms with Gasteiger partial charge in [-0.25, -0.2) is 0 Å². The molecule has 9 nitrogen and oxygen atoms in total. The van der Waals surface area contributed by atoms with Crippen LogP contribution in [-0.2, 0) is 23.9 Å². The fourth-order valence-electron chi connectivity index (χ4n) is 6.47. The zero-order valence-corrected chi connectivity index (χ0v) is 22.3. The quantitative estimate of drug-likeness (QED) is 0.358. The van der Waals surface area contributed by atoms with E-state index in [1.165, 1.54) is 4.90 Å². The van der Waals surface area contributed by atoms with Gasteiger partial charge >= 0.3 is 5.97 Å².